The van der Waals surface area contributed by atoms with Crippen LogP contribution in [0.3, 0.4) is 0 Å². The first-order valence-corrected chi connectivity index (χ1v) is 13.5. The molecule has 34 heavy (non-hydrogen) atoms. The highest BCUT2D eigenvalue weighted by Crippen LogP contribution is 2.62. The average Bonchev–Trinajstić information content (AvgIpc) is 2.85. The van der Waals surface area contributed by atoms with Crippen molar-refractivity contribution < 1.29 is 4.42 Å². The maximum Gasteiger partial charge on any atom is 0.339 e. The second-order valence-electron chi connectivity index (χ2n) is 7.89. The van der Waals surface area contributed by atoms with Crippen molar-refractivity contribution in [2.75, 3.05) is 0 Å². The molecule has 172 valence electrons. The minimum absolute atomic E-state index is 0.282. The quantitative estimate of drug-likeness (QED) is 0.130. The molecule has 0 fully saturated rings. The first kappa shape index (κ1) is 24.5. The predicted molar refractivity (Wildman–Crippen MR) is 147 cm³/mol. The Hall–Kier alpha value is -2.60. The number of benzene rings is 3. The number of thioether (sulfide) groups is 3. The zero-order valence-electron chi connectivity index (χ0n) is 19.1. The highest BCUT2D eigenvalue weighted by molar-refractivity contribution is 8.32. The van der Waals surface area contributed by atoms with Gasteiger partial charge in [-0.1, -0.05) is 102 Å². The van der Waals surface area contributed by atoms with Gasteiger partial charge in [-0.15, -0.1) is 0 Å². The fourth-order valence-corrected chi connectivity index (χ4v) is 8.34. The predicted octanol–water partition coefficient (Wildman–Crippen LogP) is 8.64. The Morgan fingerprint density at radius 1 is 0.735 bits per heavy atom. The molecule has 0 spiro atoms. The second kappa shape index (κ2) is 11.7. The third-order valence-electron chi connectivity index (χ3n) is 5.01. The molecule has 0 aliphatic carbocycles. The van der Waals surface area contributed by atoms with Crippen molar-refractivity contribution in [3.63, 3.8) is 0 Å². The summed E-state index contributed by atoms with van der Waals surface area (Å²) < 4.78 is 4.80. The van der Waals surface area contributed by atoms with Crippen LogP contribution in [0.1, 0.15) is 25.0 Å². The molecule has 0 aliphatic heterocycles. The molecular formula is C29H26O2S3. The summed E-state index contributed by atoms with van der Waals surface area (Å²) in [6.45, 7) is 4.10. The van der Waals surface area contributed by atoms with Gasteiger partial charge in [-0.2, -0.15) is 0 Å². The maximum absolute atomic E-state index is 13.0. The molecule has 0 aliphatic rings. The topological polar surface area (TPSA) is 30.2 Å². The van der Waals surface area contributed by atoms with Gasteiger partial charge in [0.2, 0.25) is 0 Å². The van der Waals surface area contributed by atoms with E-state index in [1.54, 1.807) is 35.3 Å². The lowest BCUT2D eigenvalue weighted by Gasteiger charge is -2.34. The monoisotopic (exact) mass is 502 g/mol. The summed E-state index contributed by atoms with van der Waals surface area (Å²) in [5.74, 6) is 0. The van der Waals surface area contributed by atoms with Crippen LogP contribution in [-0.2, 0) is 9.83 Å². The van der Waals surface area contributed by atoms with Crippen molar-refractivity contribution >= 4 is 35.3 Å². The van der Waals surface area contributed by atoms with Crippen LogP contribution in [-0.4, -0.2) is 0 Å². The van der Waals surface area contributed by atoms with Crippen molar-refractivity contribution in [2.45, 2.75) is 38.4 Å². The zero-order valence-corrected chi connectivity index (χ0v) is 21.6. The summed E-state index contributed by atoms with van der Waals surface area (Å²) in [6.07, 6.45) is 4.15. The van der Waals surface area contributed by atoms with E-state index in [9.17, 15) is 4.79 Å². The standard InChI is InChI=1S/C29H26O2S3/c1-22(2)18-19-26-27(20-21-31-28(26)30)29(32-23-12-6-3-7-13-23,33-24-14-8-4-9-15-24)34-25-16-10-5-11-17-25/h3-18,20-21H,19H2,1-2H3. The van der Waals surface area contributed by atoms with Gasteiger partial charge in [-0.25, -0.2) is 4.79 Å². The Kier molecular flexibility index (Phi) is 8.44. The van der Waals surface area contributed by atoms with Crippen LogP contribution in [0, 0.1) is 0 Å². The molecule has 5 heteroatoms. The third kappa shape index (κ3) is 6.29. The summed E-state index contributed by atoms with van der Waals surface area (Å²) in [4.78, 5) is 16.4. The largest absolute Gasteiger partial charge is 0.431 e. The SMILES string of the molecule is CC(C)=CCc1c(C(Sc2ccccc2)(Sc2ccccc2)Sc2ccccc2)ccoc1=O. The third-order valence-corrected chi connectivity index (χ3v) is 9.50. The molecule has 0 bridgehead atoms. The zero-order chi connectivity index (χ0) is 23.8. The summed E-state index contributed by atoms with van der Waals surface area (Å²) >= 11 is 5.28. The minimum Gasteiger partial charge on any atom is -0.431 e. The van der Waals surface area contributed by atoms with Gasteiger partial charge in [0, 0.05) is 25.8 Å². The Morgan fingerprint density at radius 3 is 1.59 bits per heavy atom. The summed E-state index contributed by atoms with van der Waals surface area (Å²) in [5.41, 5.74) is 2.55. The molecule has 3 aromatic carbocycles. The van der Waals surface area contributed by atoms with Gasteiger partial charge in [0.1, 0.15) is 3.41 Å². The average molecular weight is 503 g/mol. The fourth-order valence-electron chi connectivity index (χ4n) is 3.39. The number of rotatable bonds is 9. The molecule has 0 amide bonds. The molecule has 1 aromatic heterocycles. The van der Waals surface area contributed by atoms with Crippen LogP contribution in [0.15, 0.2) is 139 Å². The van der Waals surface area contributed by atoms with E-state index in [1.807, 2.05) is 38.1 Å². The second-order valence-corrected chi connectivity index (χ2v) is 12.5. The van der Waals surface area contributed by atoms with Gasteiger partial charge in [0.25, 0.3) is 0 Å². The van der Waals surface area contributed by atoms with E-state index >= 15 is 0 Å². The van der Waals surface area contributed by atoms with E-state index in [2.05, 4.69) is 78.9 Å². The lowest BCUT2D eigenvalue weighted by Crippen LogP contribution is -2.21. The molecule has 1 heterocycles. The first-order valence-electron chi connectivity index (χ1n) is 11.0. The van der Waals surface area contributed by atoms with E-state index < -0.39 is 3.41 Å². The van der Waals surface area contributed by atoms with Gasteiger partial charge in [-0.3, -0.25) is 0 Å². The summed E-state index contributed by atoms with van der Waals surface area (Å²) in [7, 11) is 0. The van der Waals surface area contributed by atoms with Crippen molar-refractivity contribution in [2.24, 2.45) is 0 Å². The molecule has 4 rings (SSSR count). The van der Waals surface area contributed by atoms with Crippen LogP contribution >= 0.6 is 35.3 Å². The van der Waals surface area contributed by atoms with Gasteiger partial charge in [0.15, 0.2) is 0 Å². The van der Waals surface area contributed by atoms with E-state index in [4.69, 9.17) is 4.42 Å². The normalized spacial score (nSPS) is 11.2. The van der Waals surface area contributed by atoms with Crippen LogP contribution in [0.5, 0.6) is 0 Å². The highest BCUT2D eigenvalue weighted by Gasteiger charge is 2.39. The minimum atomic E-state index is -0.565. The Labute approximate surface area is 213 Å². The summed E-state index contributed by atoms with van der Waals surface area (Å²) in [6, 6.07) is 33.1. The van der Waals surface area contributed by atoms with E-state index in [-0.39, 0.29) is 5.63 Å². The molecule has 2 nitrogen and oxygen atoms in total. The maximum atomic E-state index is 13.0. The fraction of sp³-hybridized carbons (Fsp3) is 0.138. The van der Waals surface area contributed by atoms with E-state index in [0.29, 0.717) is 12.0 Å². The first-order chi connectivity index (χ1) is 16.6. The van der Waals surface area contributed by atoms with Crippen LogP contribution in [0.2, 0.25) is 0 Å². The highest BCUT2D eigenvalue weighted by atomic mass is 32.3. The van der Waals surface area contributed by atoms with Crippen LogP contribution in [0.4, 0.5) is 0 Å². The summed E-state index contributed by atoms with van der Waals surface area (Å²) in [5, 5.41) is 0. The number of hydrogen-bond donors (Lipinski definition) is 0. The molecule has 0 radical (unpaired) electrons. The van der Waals surface area contributed by atoms with Crippen molar-refractivity contribution in [3.05, 3.63) is 137 Å². The molecular weight excluding hydrogens is 477 g/mol. The Morgan fingerprint density at radius 2 is 1.18 bits per heavy atom. The van der Waals surface area contributed by atoms with Gasteiger partial charge >= 0.3 is 5.63 Å². The number of hydrogen-bond acceptors (Lipinski definition) is 5. The van der Waals surface area contributed by atoms with E-state index in [1.165, 1.54) is 11.8 Å². The van der Waals surface area contributed by atoms with E-state index in [0.717, 1.165) is 20.2 Å². The van der Waals surface area contributed by atoms with Gasteiger partial charge in [-0.05, 0) is 62.7 Å². The van der Waals surface area contributed by atoms with Crippen LogP contribution < -0.4 is 5.63 Å². The molecule has 0 atom stereocenters. The molecule has 0 unspecified atom stereocenters. The van der Waals surface area contributed by atoms with Gasteiger partial charge in [0.05, 0.1) is 6.26 Å². The Balaban J connectivity index is 1.94. The lowest BCUT2D eigenvalue weighted by molar-refractivity contribution is 0.501. The molecule has 4 aromatic rings. The smallest absolute Gasteiger partial charge is 0.339 e. The Bertz CT molecular complexity index is 1180. The molecule has 0 saturated heterocycles. The lowest BCUT2D eigenvalue weighted by atomic mass is 10.1. The number of allylic oxidation sites excluding steroid dienone is 2. The molecule has 0 saturated carbocycles. The van der Waals surface area contributed by atoms with Crippen molar-refractivity contribution in [3.8, 4) is 0 Å². The molecule has 0 N–H and O–H groups in total. The van der Waals surface area contributed by atoms with Gasteiger partial charge < -0.3 is 4.42 Å². The van der Waals surface area contributed by atoms with Crippen molar-refractivity contribution in [1.82, 2.24) is 0 Å². The van der Waals surface area contributed by atoms with Crippen molar-refractivity contribution in [1.29, 1.82) is 0 Å². The van der Waals surface area contributed by atoms with Crippen LogP contribution in [0.25, 0.3) is 0 Å².